The van der Waals surface area contributed by atoms with Crippen molar-refractivity contribution >= 4 is 21.6 Å². The van der Waals surface area contributed by atoms with Crippen LogP contribution in [0.2, 0.25) is 5.02 Å². The van der Waals surface area contributed by atoms with Crippen LogP contribution in [0.4, 0.5) is 0 Å². The van der Waals surface area contributed by atoms with E-state index in [2.05, 4.69) is 13.8 Å². The zero-order valence-electron chi connectivity index (χ0n) is 11.8. The molecule has 112 valence electrons. The van der Waals surface area contributed by atoms with Gasteiger partial charge in [0.05, 0.1) is 5.02 Å². The van der Waals surface area contributed by atoms with Gasteiger partial charge in [0.1, 0.15) is 4.90 Å². The second kappa shape index (κ2) is 6.02. The lowest BCUT2D eigenvalue weighted by Crippen LogP contribution is -2.38. The standard InChI is InChI=1S/C14H21ClN2O2S/c1-10(2)13-4-3-7-17(13)20(18,19)14-6-5-11(9-16)8-12(14)15/h5-6,8,10,13H,3-4,7,9,16H2,1-2H3. The summed E-state index contributed by atoms with van der Waals surface area (Å²) in [6, 6.07) is 4.98. The predicted molar refractivity (Wildman–Crippen MR) is 81.1 cm³/mol. The van der Waals surface area contributed by atoms with Crippen molar-refractivity contribution in [2.45, 2.75) is 44.2 Å². The number of sulfonamides is 1. The molecular formula is C14H21ClN2O2S. The van der Waals surface area contributed by atoms with Crippen molar-refractivity contribution in [3.8, 4) is 0 Å². The molecule has 0 saturated carbocycles. The summed E-state index contributed by atoms with van der Waals surface area (Å²) in [5, 5.41) is 0.252. The number of nitrogens with two attached hydrogens (primary N) is 1. The van der Waals surface area contributed by atoms with Crippen LogP contribution < -0.4 is 5.73 Å². The first kappa shape index (κ1) is 15.8. The monoisotopic (exact) mass is 316 g/mol. The van der Waals surface area contributed by atoms with Gasteiger partial charge >= 0.3 is 0 Å². The highest BCUT2D eigenvalue weighted by atomic mass is 35.5. The van der Waals surface area contributed by atoms with E-state index in [4.69, 9.17) is 17.3 Å². The Hall–Kier alpha value is -0.620. The highest BCUT2D eigenvalue weighted by Gasteiger charge is 2.37. The Kier molecular flexibility index (Phi) is 4.74. The molecule has 20 heavy (non-hydrogen) atoms. The molecule has 0 amide bonds. The first-order valence-electron chi connectivity index (χ1n) is 6.88. The minimum Gasteiger partial charge on any atom is -0.326 e. The summed E-state index contributed by atoms with van der Waals surface area (Å²) in [4.78, 5) is 0.184. The summed E-state index contributed by atoms with van der Waals surface area (Å²) in [6.45, 7) is 5.02. The minimum absolute atomic E-state index is 0.0604. The van der Waals surface area contributed by atoms with E-state index in [0.29, 0.717) is 19.0 Å². The van der Waals surface area contributed by atoms with Gasteiger partial charge in [-0.2, -0.15) is 4.31 Å². The largest absolute Gasteiger partial charge is 0.326 e. The Labute approximate surface area is 126 Å². The van der Waals surface area contributed by atoms with E-state index in [-0.39, 0.29) is 16.0 Å². The van der Waals surface area contributed by atoms with Crippen molar-refractivity contribution in [1.82, 2.24) is 4.31 Å². The van der Waals surface area contributed by atoms with Crippen LogP contribution in [0.5, 0.6) is 0 Å². The fourth-order valence-corrected chi connectivity index (χ4v) is 5.11. The van der Waals surface area contributed by atoms with Crippen LogP contribution >= 0.6 is 11.6 Å². The van der Waals surface area contributed by atoms with Gasteiger partial charge in [-0.25, -0.2) is 8.42 Å². The Balaban J connectivity index is 2.40. The highest BCUT2D eigenvalue weighted by molar-refractivity contribution is 7.89. The molecular weight excluding hydrogens is 296 g/mol. The number of hydrogen-bond donors (Lipinski definition) is 1. The molecule has 2 N–H and O–H groups in total. The summed E-state index contributed by atoms with van der Waals surface area (Å²) in [7, 11) is -3.53. The second-order valence-corrected chi connectivity index (χ2v) is 7.80. The van der Waals surface area contributed by atoms with Crippen LogP contribution in [0, 0.1) is 5.92 Å². The van der Waals surface area contributed by atoms with Gasteiger partial charge in [-0.05, 0) is 36.5 Å². The maximum Gasteiger partial charge on any atom is 0.244 e. The summed E-state index contributed by atoms with van der Waals surface area (Å²) in [5.41, 5.74) is 6.37. The number of hydrogen-bond acceptors (Lipinski definition) is 3. The van der Waals surface area contributed by atoms with Crippen LogP contribution in [-0.2, 0) is 16.6 Å². The average molecular weight is 317 g/mol. The van der Waals surface area contributed by atoms with Crippen LogP contribution in [0.15, 0.2) is 23.1 Å². The van der Waals surface area contributed by atoms with Gasteiger partial charge in [0, 0.05) is 19.1 Å². The van der Waals surface area contributed by atoms with E-state index in [0.717, 1.165) is 18.4 Å². The molecule has 1 unspecified atom stereocenters. The van der Waals surface area contributed by atoms with Crippen molar-refractivity contribution in [1.29, 1.82) is 0 Å². The van der Waals surface area contributed by atoms with Crippen molar-refractivity contribution in [2.24, 2.45) is 11.7 Å². The Morgan fingerprint density at radius 3 is 2.70 bits per heavy atom. The third-order valence-electron chi connectivity index (χ3n) is 3.84. The number of rotatable bonds is 4. The summed E-state index contributed by atoms with van der Waals surface area (Å²) < 4.78 is 27.2. The van der Waals surface area contributed by atoms with E-state index >= 15 is 0 Å². The van der Waals surface area contributed by atoms with Gasteiger partial charge in [0.25, 0.3) is 0 Å². The quantitative estimate of drug-likeness (QED) is 0.928. The molecule has 1 aromatic rings. The second-order valence-electron chi connectivity index (χ2n) is 5.54. The molecule has 1 aliphatic rings. The topological polar surface area (TPSA) is 63.4 Å². The van der Waals surface area contributed by atoms with E-state index in [1.165, 1.54) is 0 Å². The molecule has 1 saturated heterocycles. The first-order chi connectivity index (χ1) is 9.37. The molecule has 0 aliphatic carbocycles. The zero-order chi connectivity index (χ0) is 14.9. The van der Waals surface area contributed by atoms with Crippen molar-refractivity contribution in [3.05, 3.63) is 28.8 Å². The molecule has 1 heterocycles. The number of halogens is 1. The molecule has 6 heteroatoms. The van der Waals surface area contributed by atoms with E-state index in [1.807, 2.05) is 0 Å². The molecule has 1 atom stereocenters. The van der Waals surface area contributed by atoms with E-state index in [1.54, 1.807) is 22.5 Å². The van der Waals surface area contributed by atoms with Crippen molar-refractivity contribution < 1.29 is 8.42 Å². The minimum atomic E-state index is -3.53. The normalized spacial score (nSPS) is 20.8. The van der Waals surface area contributed by atoms with Crippen LogP contribution in [-0.4, -0.2) is 25.3 Å². The van der Waals surface area contributed by atoms with Crippen molar-refractivity contribution in [2.75, 3.05) is 6.54 Å². The molecule has 1 fully saturated rings. The lowest BCUT2D eigenvalue weighted by atomic mass is 10.0. The maximum atomic E-state index is 12.8. The summed E-state index contributed by atoms with van der Waals surface area (Å²) >= 11 is 6.14. The first-order valence-corrected chi connectivity index (χ1v) is 8.70. The summed E-state index contributed by atoms with van der Waals surface area (Å²) in [5.74, 6) is 0.300. The molecule has 0 bridgehead atoms. The van der Waals surface area contributed by atoms with E-state index < -0.39 is 10.0 Å². The Morgan fingerprint density at radius 2 is 2.15 bits per heavy atom. The lowest BCUT2D eigenvalue weighted by Gasteiger charge is -2.27. The third-order valence-corrected chi connectivity index (χ3v) is 6.24. The average Bonchev–Trinajstić information content (AvgIpc) is 2.88. The molecule has 1 aromatic carbocycles. The van der Waals surface area contributed by atoms with Crippen LogP contribution in [0.3, 0.4) is 0 Å². The molecule has 4 nitrogen and oxygen atoms in total. The predicted octanol–water partition coefficient (Wildman–Crippen LogP) is 2.61. The Morgan fingerprint density at radius 1 is 1.45 bits per heavy atom. The SMILES string of the molecule is CC(C)C1CCCN1S(=O)(=O)c1ccc(CN)cc1Cl. The fraction of sp³-hybridized carbons (Fsp3) is 0.571. The molecule has 0 spiro atoms. The maximum absolute atomic E-state index is 12.8. The van der Waals surface area contributed by atoms with Gasteiger partial charge in [0.15, 0.2) is 0 Å². The zero-order valence-corrected chi connectivity index (χ0v) is 13.4. The number of nitrogens with zero attached hydrogens (tertiary/aromatic N) is 1. The fourth-order valence-electron chi connectivity index (χ4n) is 2.74. The van der Waals surface area contributed by atoms with Crippen LogP contribution in [0.25, 0.3) is 0 Å². The summed E-state index contributed by atoms with van der Waals surface area (Å²) in [6.07, 6.45) is 1.82. The third kappa shape index (κ3) is 2.86. The molecule has 1 aliphatic heterocycles. The van der Waals surface area contributed by atoms with E-state index in [9.17, 15) is 8.42 Å². The smallest absolute Gasteiger partial charge is 0.244 e. The molecule has 0 aromatic heterocycles. The Bertz CT molecular complexity index is 587. The molecule has 0 radical (unpaired) electrons. The number of benzene rings is 1. The van der Waals surface area contributed by atoms with Crippen LogP contribution in [0.1, 0.15) is 32.3 Å². The van der Waals surface area contributed by atoms with Gasteiger partial charge in [-0.1, -0.05) is 31.5 Å². The van der Waals surface area contributed by atoms with Gasteiger partial charge in [-0.15, -0.1) is 0 Å². The van der Waals surface area contributed by atoms with Crippen molar-refractivity contribution in [3.63, 3.8) is 0 Å². The van der Waals surface area contributed by atoms with Gasteiger partial charge < -0.3 is 5.73 Å². The lowest BCUT2D eigenvalue weighted by molar-refractivity contribution is 0.316. The van der Waals surface area contributed by atoms with Gasteiger partial charge in [-0.3, -0.25) is 0 Å². The molecule has 2 rings (SSSR count). The highest BCUT2D eigenvalue weighted by Crippen LogP contribution is 2.33. The van der Waals surface area contributed by atoms with Gasteiger partial charge in [0.2, 0.25) is 10.0 Å².